The average Bonchev–Trinajstić information content (AvgIpc) is 2.71. The second kappa shape index (κ2) is 14.7. The van der Waals surface area contributed by atoms with E-state index in [0.717, 1.165) is 36.3 Å². The minimum Gasteiger partial charge on any atom is -0.546 e. The molecule has 0 radical (unpaired) electrons. The van der Waals surface area contributed by atoms with E-state index in [1.165, 1.54) is 12.5 Å². The van der Waals surface area contributed by atoms with Gasteiger partial charge >= 0.3 is 29.6 Å². The number of carbonyl (C=O) groups excluding carboxylic acids is 2. The summed E-state index contributed by atoms with van der Waals surface area (Å²) in [6.45, 7) is 3.34. The molecule has 2 rings (SSSR count). The normalized spacial score (nSPS) is 11.4. The Bertz CT molecular complexity index is 795. The molecule has 0 saturated heterocycles. The van der Waals surface area contributed by atoms with Crippen molar-refractivity contribution in [1.29, 1.82) is 0 Å². The van der Waals surface area contributed by atoms with Gasteiger partial charge in [0.05, 0.1) is 11.5 Å². The maximum absolute atomic E-state index is 11.9. The van der Waals surface area contributed by atoms with Crippen LogP contribution in [0.5, 0.6) is 5.75 Å². The van der Waals surface area contributed by atoms with Crippen molar-refractivity contribution in [1.82, 2.24) is 0 Å². The molecule has 1 atom stereocenters. The van der Waals surface area contributed by atoms with Gasteiger partial charge in [-0.2, -0.15) is 0 Å². The smallest absolute Gasteiger partial charge is 0.546 e. The summed E-state index contributed by atoms with van der Waals surface area (Å²) in [5.74, 6) is -0.106. The maximum atomic E-state index is 11.9. The van der Waals surface area contributed by atoms with Crippen LogP contribution in [0.4, 0.5) is 0 Å². The Hall–Kier alpha value is -1.27. The van der Waals surface area contributed by atoms with E-state index in [9.17, 15) is 14.7 Å². The van der Waals surface area contributed by atoms with Crippen LogP contribution in [-0.2, 0) is 11.2 Å². The van der Waals surface area contributed by atoms with E-state index in [0.29, 0.717) is 24.2 Å². The molecule has 156 valence electrons. The van der Waals surface area contributed by atoms with Crippen molar-refractivity contribution in [2.75, 3.05) is 5.75 Å². The van der Waals surface area contributed by atoms with E-state index in [2.05, 4.69) is 24.3 Å². The van der Waals surface area contributed by atoms with Gasteiger partial charge in [0.1, 0.15) is 11.9 Å². The van der Waals surface area contributed by atoms with Crippen LogP contribution >= 0.6 is 11.8 Å². The topological polar surface area (TPSA) is 66.4 Å². The Morgan fingerprint density at radius 1 is 1.07 bits per heavy atom. The summed E-state index contributed by atoms with van der Waals surface area (Å²) in [4.78, 5) is 24.2. The second-order valence-electron chi connectivity index (χ2n) is 7.07. The number of aliphatic carboxylic acids is 1. The summed E-state index contributed by atoms with van der Waals surface area (Å²) in [7, 11) is 0. The number of aryl methyl sites for hydroxylation is 1. The Morgan fingerprint density at radius 2 is 1.80 bits per heavy atom. The zero-order chi connectivity index (χ0) is 21.1. The van der Waals surface area contributed by atoms with E-state index in [4.69, 9.17) is 4.74 Å². The fraction of sp³-hybridized carbons (Fsp3) is 0.417. The number of carbonyl (C=O) groups is 2. The van der Waals surface area contributed by atoms with Crippen LogP contribution in [0.25, 0.3) is 0 Å². The molecule has 0 aliphatic carbocycles. The molecule has 0 N–H and O–H groups in total. The van der Waals surface area contributed by atoms with Crippen LogP contribution in [0.1, 0.15) is 61.9 Å². The molecular formula is C24H29NaO4S. The molecule has 0 fully saturated rings. The number of carboxylic acids is 1. The number of ether oxygens (including phenoxy) is 1. The Balaban J connectivity index is 0.00000450. The monoisotopic (exact) mass is 436 g/mol. The van der Waals surface area contributed by atoms with Crippen molar-refractivity contribution < 1.29 is 49.0 Å². The molecule has 4 nitrogen and oxygen atoms in total. The van der Waals surface area contributed by atoms with Gasteiger partial charge in [0, 0.05) is 4.90 Å². The van der Waals surface area contributed by atoms with Crippen LogP contribution in [0.15, 0.2) is 53.4 Å². The van der Waals surface area contributed by atoms with Crippen molar-refractivity contribution in [3.05, 3.63) is 59.7 Å². The van der Waals surface area contributed by atoms with Crippen LogP contribution in [0.3, 0.4) is 0 Å². The fourth-order valence-corrected chi connectivity index (χ4v) is 4.00. The van der Waals surface area contributed by atoms with Crippen molar-refractivity contribution in [3.63, 3.8) is 0 Å². The Morgan fingerprint density at radius 3 is 2.43 bits per heavy atom. The summed E-state index contributed by atoms with van der Waals surface area (Å²) < 4.78 is 5.65. The predicted octanol–water partition coefficient (Wildman–Crippen LogP) is 1.70. The predicted molar refractivity (Wildman–Crippen MR) is 115 cm³/mol. The SMILES string of the molecule is CCCC(Oc1cc(SCCCCCc2ccccc2)ccc1C(C)=O)C(=O)[O-].[Na+]. The number of ketones is 1. The summed E-state index contributed by atoms with van der Waals surface area (Å²) in [5.41, 5.74) is 1.77. The number of unbranched alkanes of at least 4 members (excludes halogenated alkanes) is 2. The standard InChI is InChI=1S/C24H30O4S.Na/c1-3-10-22(24(26)27)28-23-17-20(14-15-21(23)18(2)25)29-16-9-5-8-13-19-11-6-4-7-12-19;/h4,6-7,11-12,14-15,17,22H,3,5,8-10,13,16H2,1-2H3,(H,26,27);/q;+1/p-1. The Labute approximate surface area is 206 Å². The molecule has 6 heteroatoms. The van der Waals surface area contributed by atoms with E-state index in [1.807, 2.05) is 19.1 Å². The molecular weight excluding hydrogens is 407 g/mol. The van der Waals surface area contributed by atoms with Crippen molar-refractivity contribution in [2.24, 2.45) is 0 Å². The van der Waals surface area contributed by atoms with Gasteiger partial charge in [-0.3, -0.25) is 4.79 Å². The number of benzene rings is 2. The van der Waals surface area contributed by atoms with Crippen LogP contribution in [0, 0.1) is 0 Å². The number of thioether (sulfide) groups is 1. The number of carboxylic acid groups (broad SMARTS) is 1. The summed E-state index contributed by atoms with van der Waals surface area (Å²) >= 11 is 1.70. The average molecular weight is 437 g/mol. The summed E-state index contributed by atoms with van der Waals surface area (Å²) in [5, 5.41) is 11.3. The van der Waals surface area contributed by atoms with Gasteiger partial charge in [-0.25, -0.2) is 0 Å². The third-order valence-corrected chi connectivity index (χ3v) is 5.72. The first-order valence-electron chi connectivity index (χ1n) is 10.2. The largest absolute Gasteiger partial charge is 1.00 e. The second-order valence-corrected chi connectivity index (χ2v) is 8.24. The van der Waals surface area contributed by atoms with Gasteiger partial charge in [0.25, 0.3) is 0 Å². The van der Waals surface area contributed by atoms with E-state index in [1.54, 1.807) is 23.9 Å². The first kappa shape index (κ1) is 26.8. The van der Waals surface area contributed by atoms with Gasteiger partial charge in [0.2, 0.25) is 0 Å². The van der Waals surface area contributed by atoms with Crippen molar-refractivity contribution >= 4 is 23.5 Å². The third kappa shape index (κ3) is 9.25. The van der Waals surface area contributed by atoms with E-state index in [-0.39, 0.29) is 35.3 Å². The maximum Gasteiger partial charge on any atom is 1.00 e. The van der Waals surface area contributed by atoms with Gasteiger partial charge in [-0.1, -0.05) is 50.1 Å². The first-order valence-corrected chi connectivity index (χ1v) is 11.2. The molecule has 2 aromatic rings. The summed E-state index contributed by atoms with van der Waals surface area (Å²) in [6, 6.07) is 15.9. The molecule has 30 heavy (non-hydrogen) atoms. The number of Topliss-reactive ketones (excluding diaryl/α,β-unsaturated/α-hetero) is 1. The molecule has 0 aromatic heterocycles. The zero-order valence-corrected chi connectivity index (χ0v) is 21.0. The van der Waals surface area contributed by atoms with Gasteiger partial charge in [-0.15, -0.1) is 11.8 Å². The quantitative estimate of drug-likeness (QED) is 0.207. The molecule has 0 saturated carbocycles. The zero-order valence-electron chi connectivity index (χ0n) is 18.2. The molecule has 2 aromatic carbocycles. The summed E-state index contributed by atoms with van der Waals surface area (Å²) in [6.07, 6.45) is 4.46. The first-order chi connectivity index (χ1) is 14.0. The van der Waals surface area contributed by atoms with Crippen molar-refractivity contribution in [3.8, 4) is 5.75 Å². The van der Waals surface area contributed by atoms with Crippen molar-refractivity contribution in [2.45, 2.75) is 63.4 Å². The minimum atomic E-state index is -1.25. The number of hydrogen-bond acceptors (Lipinski definition) is 5. The van der Waals surface area contributed by atoms with Crippen LogP contribution in [-0.4, -0.2) is 23.6 Å². The van der Waals surface area contributed by atoms with E-state index < -0.39 is 12.1 Å². The van der Waals surface area contributed by atoms with Crippen LogP contribution < -0.4 is 39.4 Å². The molecule has 0 aliphatic heterocycles. The molecule has 0 aliphatic rings. The molecule has 0 amide bonds. The fourth-order valence-electron chi connectivity index (χ4n) is 3.06. The minimum absolute atomic E-state index is 0. The molecule has 0 spiro atoms. The number of rotatable bonds is 13. The Kier molecular flexibility index (Phi) is 13.1. The van der Waals surface area contributed by atoms with Gasteiger partial charge in [0.15, 0.2) is 5.78 Å². The molecule has 0 bridgehead atoms. The third-order valence-electron chi connectivity index (χ3n) is 4.64. The molecule has 1 unspecified atom stereocenters. The molecule has 0 heterocycles. The van der Waals surface area contributed by atoms with Gasteiger partial charge in [-0.05, 0) is 62.1 Å². The van der Waals surface area contributed by atoms with Crippen LogP contribution in [0.2, 0.25) is 0 Å². The van der Waals surface area contributed by atoms with Gasteiger partial charge < -0.3 is 14.6 Å². The number of hydrogen-bond donors (Lipinski definition) is 0. The van der Waals surface area contributed by atoms with E-state index >= 15 is 0 Å².